The average molecular weight is 297 g/mol. The molecule has 0 aliphatic heterocycles. The van der Waals surface area contributed by atoms with Crippen LogP contribution in [0, 0.1) is 5.82 Å². The molecule has 0 saturated carbocycles. The smallest absolute Gasteiger partial charge is 0.147 e. The number of halogens is 2. The van der Waals surface area contributed by atoms with Gasteiger partial charge < -0.3 is 14.6 Å². The Bertz CT molecular complexity index is 616. The summed E-state index contributed by atoms with van der Waals surface area (Å²) >= 11 is 5.74. The van der Waals surface area contributed by atoms with Gasteiger partial charge in [-0.15, -0.1) is 0 Å². The molecule has 1 N–H and O–H groups in total. The summed E-state index contributed by atoms with van der Waals surface area (Å²) in [6.45, 7) is 0. The summed E-state index contributed by atoms with van der Waals surface area (Å²) in [6, 6.07) is 9.43. The van der Waals surface area contributed by atoms with Gasteiger partial charge in [0.05, 0.1) is 19.2 Å². The van der Waals surface area contributed by atoms with Gasteiger partial charge in [0.1, 0.15) is 23.4 Å². The molecule has 0 fully saturated rings. The summed E-state index contributed by atoms with van der Waals surface area (Å²) in [5.41, 5.74) is 0.497. The maximum atomic E-state index is 14.0. The van der Waals surface area contributed by atoms with Gasteiger partial charge in [0, 0.05) is 11.1 Å². The molecular formula is C15H14ClFO3. The number of aliphatic hydroxyl groups excluding tert-OH is 1. The monoisotopic (exact) mass is 296 g/mol. The van der Waals surface area contributed by atoms with Crippen LogP contribution in [0.4, 0.5) is 4.39 Å². The minimum Gasteiger partial charge on any atom is -0.497 e. The van der Waals surface area contributed by atoms with Crippen LogP contribution < -0.4 is 9.47 Å². The van der Waals surface area contributed by atoms with Crippen molar-refractivity contribution in [1.82, 2.24) is 0 Å². The molecule has 0 heterocycles. The summed E-state index contributed by atoms with van der Waals surface area (Å²) in [4.78, 5) is 0. The number of hydrogen-bond acceptors (Lipinski definition) is 3. The fourth-order valence-electron chi connectivity index (χ4n) is 1.95. The number of aliphatic hydroxyl groups is 1. The highest BCUT2D eigenvalue weighted by molar-refractivity contribution is 6.30. The lowest BCUT2D eigenvalue weighted by Crippen LogP contribution is -2.05. The number of rotatable bonds is 4. The van der Waals surface area contributed by atoms with Crippen LogP contribution in [-0.4, -0.2) is 19.3 Å². The largest absolute Gasteiger partial charge is 0.497 e. The Kier molecular flexibility index (Phi) is 4.47. The first-order chi connectivity index (χ1) is 9.58. The van der Waals surface area contributed by atoms with E-state index in [0.29, 0.717) is 17.1 Å². The summed E-state index contributed by atoms with van der Waals surface area (Å²) in [5.74, 6) is 0.339. The van der Waals surface area contributed by atoms with Gasteiger partial charge >= 0.3 is 0 Å². The summed E-state index contributed by atoms with van der Waals surface area (Å²) < 4.78 is 24.3. The predicted octanol–water partition coefficient (Wildman–Crippen LogP) is 3.58. The van der Waals surface area contributed by atoms with E-state index in [1.807, 2.05) is 0 Å². The zero-order valence-electron chi connectivity index (χ0n) is 11.1. The summed E-state index contributed by atoms with van der Waals surface area (Å²) in [7, 11) is 2.99. The molecule has 20 heavy (non-hydrogen) atoms. The Balaban J connectivity index is 2.51. The van der Waals surface area contributed by atoms with Crippen molar-refractivity contribution in [3.05, 3.63) is 58.4 Å². The molecule has 0 aromatic heterocycles. The van der Waals surface area contributed by atoms with Crippen molar-refractivity contribution in [2.75, 3.05) is 14.2 Å². The van der Waals surface area contributed by atoms with Gasteiger partial charge in [0.15, 0.2) is 0 Å². The minimum atomic E-state index is -1.20. The van der Waals surface area contributed by atoms with Crippen molar-refractivity contribution in [2.45, 2.75) is 6.10 Å². The Labute approximate surface area is 121 Å². The highest BCUT2D eigenvalue weighted by Crippen LogP contribution is 2.35. The van der Waals surface area contributed by atoms with E-state index in [1.54, 1.807) is 24.3 Å². The zero-order chi connectivity index (χ0) is 14.7. The van der Waals surface area contributed by atoms with Gasteiger partial charge in [-0.1, -0.05) is 23.7 Å². The fourth-order valence-corrected chi connectivity index (χ4v) is 2.13. The Hall–Kier alpha value is -1.78. The molecule has 0 radical (unpaired) electrons. The van der Waals surface area contributed by atoms with E-state index < -0.39 is 11.9 Å². The fraction of sp³-hybridized carbons (Fsp3) is 0.200. The van der Waals surface area contributed by atoms with Crippen molar-refractivity contribution < 1.29 is 19.0 Å². The average Bonchev–Trinajstić information content (AvgIpc) is 2.48. The first kappa shape index (κ1) is 14.6. The molecule has 0 bridgehead atoms. The molecule has 1 unspecified atom stereocenters. The number of hydrogen-bond donors (Lipinski definition) is 1. The molecule has 2 aromatic carbocycles. The van der Waals surface area contributed by atoms with Crippen LogP contribution in [0.3, 0.4) is 0 Å². The van der Waals surface area contributed by atoms with Gasteiger partial charge in [-0.2, -0.15) is 0 Å². The highest BCUT2D eigenvalue weighted by Gasteiger charge is 2.20. The summed E-state index contributed by atoms with van der Waals surface area (Å²) in [6.07, 6.45) is -1.20. The highest BCUT2D eigenvalue weighted by atomic mass is 35.5. The van der Waals surface area contributed by atoms with Crippen LogP contribution in [0.15, 0.2) is 36.4 Å². The minimum absolute atomic E-state index is 0.0385. The van der Waals surface area contributed by atoms with Gasteiger partial charge in [-0.3, -0.25) is 0 Å². The van der Waals surface area contributed by atoms with Crippen LogP contribution in [0.5, 0.6) is 11.5 Å². The van der Waals surface area contributed by atoms with Crippen molar-refractivity contribution in [1.29, 1.82) is 0 Å². The number of ether oxygens (including phenoxy) is 2. The topological polar surface area (TPSA) is 38.7 Å². The predicted molar refractivity (Wildman–Crippen MR) is 75.0 cm³/mol. The van der Waals surface area contributed by atoms with E-state index in [-0.39, 0.29) is 10.6 Å². The van der Waals surface area contributed by atoms with Crippen LogP contribution in [0.25, 0.3) is 0 Å². The molecule has 0 aliphatic rings. The summed E-state index contributed by atoms with van der Waals surface area (Å²) in [5, 5.41) is 10.4. The third-order valence-corrected chi connectivity index (χ3v) is 3.30. The van der Waals surface area contributed by atoms with E-state index in [1.165, 1.54) is 26.4 Å². The molecule has 0 saturated heterocycles. The Morgan fingerprint density at radius 3 is 2.50 bits per heavy atom. The SMILES string of the molecule is COc1ccc(OC)c(C(O)c2cccc(Cl)c2F)c1. The maximum Gasteiger partial charge on any atom is 0.147 e. The first-order valence-corrected chi connectivity index (χ1v) is 6.30. The van der Waals surface area contributed by atoms with Crippen LogP contribution in [0.1, 0.15) is 17.2 Å². The Morgan fingerprint density at radius 2 is 1.85 bits per heavy atom. The van der Waals surface area contributed by atoms with Crippen molar-refractivity contribution in [3.8, 4) is 11.5 Å². The molecule has 0 aliphatic carbocycles. The van der Waals surface area contributed by atoms with Gasteiger partial charge in [-0.25, -0.2) is 4.39 Å². The van der Waals surface area contributed by atoms with Crippen molar-refractivity contribution in [2.24, 2.45) is 0 Å². The second-order valence-electron chi connectivity index (χ2n) is 4.15. The first-order valence-electron chi connectivity index (χ1n) is 5.92. The van der Waals surface area contributed by atoms with E-state index in [2.05, 4.69) is 0 Å². The van der Waals surface area contributed by atoms with Gasteiger partial charge in [0.2, 0.25) is 0 Å². The number of methoxy groups -OCH3 is 2. The lowest BCUT2D eigenvalue weighted by atomic mass is 10.00. The van der Waals surface area contributed by atoms with Gasteiger partial charge in [0.25, 0.3) is 0 Å². The lowest BCUT2D eigenvalue weighted by Gasteiger charge is -2.17. The van der Waals surface area contributed by atoms with Crippen molar-refractivity contribution in [3.63, 3.8) is 0 Å². The molecule has 2 aromatic rings. The zero-order valence-corrected chi connectivity index (χ0v) is 11.8. The second-order valence-corrected chi connectivity index (χ2v) is 4.56. The maximum absolute atomic E-state index is 14.0. The van der Waals surface area contributed by atoms with Crippen LogP contribution >= 0.6 is 11.6 Å². The third kappa shape index (κ3) is 2.71. The van der Waals surface area contributed by atoms with Gasteiger partial charge in [-0.05, 0) is 24.3 Å². The Morgan fingerprint density at radius 1 is 1.10 bits per heavy atom. The molecule has 106 valence electrons. The van der Waals surface area contributed by atoms with Crippen LogP contribution in [-0.2, 0) is 0 Å². The molecule has 3 nitrogen and oxygen atoms in total. The third-order valence-electron chi connectivity index (χ3n) is 3.01. The molecule has 1 atom stereocenters. The second kappa shape index (κ2) is 6.11. The normalized spacial score (nSPS) is 12.1. The van der Waals surface area contributed by atoms with Crippen molar-refractivity contribution >= 4 is 11.6 Å². The molecule has 0 amide bonds. The lowest BCUT2D eigenvalue weighted by molar-refractivity contribution is 0.209. The molecule has 2 rings (SSSR count). The quantitative estimate of drug-likeness (QED) is 0.937. The molecular weight excluding hydrogens is 283 g/mol. The van der Waals surface area contributed by atoms with Crippen LogP contribution in [0.2, 0.25) is 5.02 Å². The number of benzene rings is 2. The van der Waals surface area contributed by atoms with E-state index in [4.69, 9.17) is 21.1 Å². The van der Waals surface area contributed by atoms with E-state index >= 15 is 0 Å². The standard InChI is InChI=1S/C15H14ClFO3/c1-19-9-6-7-13(20-2)11(8-9)15(18)10-4-3-5-12(16)14(10)17/h3-8,15,18H,1-2H3. The molecule has 0 spiro atoms. The van der Waals surface area contributed by atoms with E-state index in [0.717, 1.165) is 0 Å². The van der Waals surface area contributed by atoms with E-state index in [9.17, 15) is 9.50 Å². The molecule has 5 heteroatoms.